The Morgan fingerprint density at radius 2 is 2.11 bits per heavy atom. The second-order valence-electron chi connectivity index (χ2n) is 6.77. The zero-order valence-corrected chi connectivity index (χ0v) is 11.7. The lowest BCUT2D eigenvalue weighted by Crippen LogP contribution is -2.38. The summed E-state index contributed by atoms with van der Waals surface area (Å²) in [7, 11) is 0. The molecule has 0 aromatic heterocycles. The fourth-order valence-corrected chi connectivity index (χ4v) is 3.39. The van der Waals surface area contributed by atoms with Crippen molar-refractivity contribution in [3.05, 3.63) is 0 Å². The Morgan fingerprint density at radius 3 is 2.74 bits per heavy atom. The highest BCUT2D eigenvalue weighted by molar-refractivity contribution is 5.89. The zero-order chi connectivity index (χ0) is 13.4. The highest BCUT2D eigenvalue weighted by Crippen LogP contribution is 2.32. The maximum Gasteiger partial charge on any atom is 0.225 e. The number of amides is 2. The van der Waals surface area contributed by atoms with Crippen molar-refractivity contribution >= 4 is 11.8 Å². The molecule has 106 valence electrons. The fourth-order valence-electron chi connectivity index (χ4n) is 3.39. The van der Waals surface area contributed by atoms with E-state index in [1.54, 1.807) is 0 Å². The number of nitrogens with zero attached hydrogens (tertiary/aromatic N) is 1. The SMILES string of the molecule is CC1CCC(NC(=O)C2CC(=O)N(CC3CC3)C2)C1. The molecule has 0 aromatic rings. The minimum atomic E-state index is -0.109. The van der Waals surface area contributed by atoms with Gasteiger partial charge in [0.05, 0.1) is 5.92 Å². The largest absolute Gasteiger partial charge is 0.353 e. The van der Waals surface area contributed by atoms with Crippen molar-refractivity contribution in [1.29, 1.82) is 0 Å². The molecule has 3 unspecified atom stereocenters. The number of rotatable bonds is 4. The van der Waals surface area contributed by atoms with Crippen LogP contribution in [0.1, 0.15) is 45.4 Å². The number of carbonyl (C=O) groups is 2. The van der Waals surface area contributed by atoms with Gasteiger partial charge in [-0.15, -0.1) is 0 Å². The van der Waals surface area contributed by atoms with Crippen molar-refractivity contribution in [2.24, 2.45) is 17.8 Å². The Hall–Kier alpha value is -1.06. The number of nitrogens with one attached hydrogen (secondary N) is 1. The van der Waals surface area contributed by atoms with E-state index in [9.17, 15) is 9.59 Å². The molecular formula is C15H24N2O2. The summed E-state index contributed by atoms with van der Waals surface area (Å²) in [5.41, 5.74) is 0. The summed E-state index contributed by atoms with van der Waals surface area (Å²) >= 11 is 0. The maximum atomic E-state index is 12.2. The molecule has 1 saturated heterocycles. The lowest BCUT2D eigenvalue weighted by atomic mass is 10.1. The fraction of sp³-hybridized carbons (Fsp3) is 0.867. The van der Waals surface area contributed by atoms with E-state index in [0.717, 1.165) is 25.3 Å². The molecule has 3 aliphatic rings. The van der Waals surface area contributed by atoms with Crippen LogP contribution in [0.15, 0.2) is 0 Å². The lowest BCUT2D eigenvalue weighted by molar-refractivity contribution is -0.129. The average Bonchev–Trinajstić information content (AvgIpc) is 2.97. The molecule has 1 aliphatic heterocycles. The zero-order valence-electron chi connectivity index (χ0n) is 11.7. The van der Waals surface area contributed by atoms with Gasteiger partial charge in [-0.25, -0.2) is 0 Å². The van der Waals surface area contributed by atoms with Gasteiger partial charge in [0.25, 0.3) is 0 Å². The Kier molecular flexibility index (Phi) is 3.50. The van der Waals surface area contributed by atoms with E-state index in [0.29, 0.717) is 24.9 Å². The van der Waals surface area contributed by atoms with Gasteiger partial charge >= 0.3 is 0 Å². The highest BCUT2D eigenvalue weighted by Gasteiger charge is 2.37. The predicted octanol–water partition coefficient (Wildman–Crippen LogP) is 1.55. The minimum absolute atomic E-state index is 0.103. The molecule has 3 fully saturated rings. The number of hydrogen-bond donors (Lipinski definition) is 1. The molecule has 2 saturated carbocycles. The van der Waals surface area contributed by atoms with Crippen molar-refractivity contribution in [1.82, 2.24) is 10.2 Å². The van der Waals surface area contributed by atoms with E-state index in [1.807, 2.05) is 4.90 Å². The van der Waals surface area contributed by atoms with Crippen molar-refractivity contribution in [3.8, 4) is 0 Å². The van der Waals surface area contributed by atoms with Crippen molar-refractivity contribution in [3.63, 3.8) is 0 Å². The van der Waals surface area contributed by atoms with Gasteiger partial charge in [0.2, 0.25) is 11.8 Å². The van der Waals surface area contributed by atoms with Crippen LogP contribution in [0.3, 0.4) is 0 Å². The number of hydrogen-bond acceptors (Lipinski definition) is 2. The second-order valence-corrected chi connectivity index (χ2v) is 6.77. The summed E-state index contributed by atoms with van der Waals surface area (Å²) in [5, 5.41) is 3.14. The predicted molar refractivity (Wildman–Crippen MR) is 72.4 cm³/mol. The van der Waals surface area contributed by atoms with Gasteiger partial charge < -0.3 is 10.2 Å². The first-order valence-electron chi connectivity index (χ1n) is 7.70. The number of carbonyl (C=O) groups excluding carboxylic acids is 2. The molecular weight excluding hydrogens is 240 g/mol. The third-order valence-corrected chi connectivity index (χ3v) is 4.80. The summed E-state index contributed by atoms with van der Waals surface area (Å²) in [5.74, 6) is 1.60. The molecule has 4 nitrogen and oxygen atoms in total. The van der Waals surface area contributed by atoms with Gasteiger partial charge in [0.1, 0.15) is 0 Å². The van der Waals surface area contributed by atoms with Gasteiger partial charge in [-0.3, -0.25) is 9.59 Å². The molecule has 3 rings (SSSR count). The third kappa shape index (κ3) is 3.10. The first-order chi connectivity index (χ1) is 9.11. The monoisotopic (exact) mass is 264 g/mol. The van der Waals surface area contributed by atoms with E-state index < -0.39 is 0 Å². The first-order valence-corrected chi connectivity index (χ1v) is 7.70. The Balaban J connectivity index is 1.48. The topological polar surface area (TPSA) is 49.4 Å². The van der Waals surface area contributed by atoms with Crippen molar-refractivity contribution < 1.29 is 9.59 Å². The highest BCUT2D eigenvalue weighted by atomic mass is 16.2. The molecule has 1 heterocycles. The van der Waals surface area contributed by atoms with Crippen LogP contribution in [0.4, 0.5) is 0 Å². The van der Waals surface area contributed by atoms with Crippen LogP contribution in [0.2, 0.25) is 0 Å². The summed E-state index contributed by atoms with van der Waals surface area (Å²) in [6.07, 6.45) is 6.32. The average molecular weight is 264 g/mol. The molecule has 0 spiro atoms. The Morgan fingerprint density at radius 1 is 1.32 bits per heavy atom. The normalized spacial score (nSPS) is 34.9. The van der Waals surface area contributed by atoms with Crippen LogP contribution in [-0.2, 0) is 9.59 Å². The molecule has 0 radical (unpaired) electrons. The van der Waals surface area contributed by atoms with E-state index in [-0.39, 0.29) is 17.7 Å². The molecule has 2 amide bonds. The quantitative estimate of drug-likeness (QED) is 0.837. The van der Waals surface area contributed by atoms with Crippen molar-refractivity contribution in [2.45, 2.75) is 51.5 Å². The molecule has 0 aromatic carbocycles. The van der Waals surface area contributed by atoms with Gasteiger partial charge in [-0.05, 0) is 43.9 Å². The molecule has 4 heteroatoms. The van der Waals surface area contributed by atoms with Crippen molar-refractivity contribution in [2.75, 3.05) is 13.1 Å². The molecule has 19 heavy (non-hydrogen) atoms. The summed E-state index contributed by atoms with van der Waals surface area (Å²) in [6, 6.07) is 0.343. The molecule has 2 aliphatic carbocycles. The summed E-state index contributed by atoms with van der Waals surface area (Å²) in [4.78, 5) is 26.0. The molecule has 3 atom stereocenters. The van der Waals surface area contributed by atoms with Crippen LogP contribution in [0, 0.1) is 17.8 Å². The molecule has 1 N–H and O–H groups in total. The van der Waals surface area contributed by atoms with Gasteiger partial charge in [0.15, 0.2) is 0 Å². The van der Waals surface area contributed by atoms with Gasteiger partial charge in [0, 0.05) is 25.6 Å². The minimum Gasteiger partial charge on any atom is -0.353 e. The lowest BCUT2D eigenvalue weighted by Gasteiger charge is -2.18. The van der Waals surface area contributed by atoms with Gasteiger partial charge in [-0.1, -0.05) is 6.92 Å². The Labute approximate surface area is 114 Å². The first kappa shape index (κ1) is 12.9. The summed E-state index contributed by atoms with van der Waals surface area (Å²) in [6.45, 7) is 3.76. The van der Waals surface area contributed by atoms with E-state index in [1.165, 1.54) is 19.3 Å². The van der Waals surface area contributed by atoms with Crippen LogP contribution in [-0.4, -0.2) is 35.8 Å². The number of likely N-dealkylation sites (tertiary alicyclic amines) is 1. The van der Waals surface area contributed by atoms with Crippen LogP contribution in [0.25, 0.3) is 0 Å². The Bertz CT molecular complexity index is 378. The third-order valence-electron chi connectivity index (χ3n) is 4.80. The van der Waals surface area contributed by atoms with E-state index in [2.05, 4.69) is 12.2 Å². The van der Waals surface area contributed by atoms with E-state index >= 15 is 0 Å². The second kappa shape index (κ2) is 5.14. The van der Waals surface area contributed by atoms with Gasteiger partial charge in [-0.2, -0.15) is 0 Å². The maximum absolute atomic E-state index is 12.2. The molecule has 0 bridgehead atoms. The van der Waals surface area contributed by atoms with Crippen LogP contribution in [0.5, 0.6) is 0 Å². The standard InChI is InChI=1S/C15H24N2O2/c1-10-2-5-13(6-10)16-15(19)12-7-14(18)17(9-12)8-11-3-4-11/h10-13H,2-9H2,1H3,(H,16,19). The summed E-state index contributed by atoms with van der Waals surface area (Å²) < 4.78 is 0. The smallest absolute Gasteiger partial charge is 0.225 e. The van der Waals surface area contributed by atoms with Crippen LogP contribution < -0.4 is 5.32 Å². The van der Waals surface area contributed by atoms with Crippen LogP contribution >= 0.6 is 0 Å². The van der Waals surface area contributed by atoms with E-state index in [4.69, 9.17) is 0 Å².